The molecule has 2 fully saturated rings. The Hall–Kier alpha value is -1.56. The molecule has 0 saturated carbocycles. The van der Waals surface area contributed by atoms with Crippen molar-refractivity contribution in [2.24, 2.45) is 0 Å². The molecule has 26 heteroatoms. The standard InChI is InChI=1S/C17H27N4O19P3/c1-34-15-8-14(18-4-19-15)21(5-20-8)16-13(40-43(31,32)33)10(6(2-22)35-16)37-17-9(24)12(39-42(28,29)30)11(7(3-23)36-17)38-41(25,26)27/h4-7,9-13,16-17,22-24H,2-3H2,1H3,(H2,25,26,27)(H2,28,29,30)(H2,31,32,33)/t6-,7?,9+,10+,11+,12?,13+,16?,17+/m1/s1. The van der Waals surface area contributed by atoms with E-state index in [-0.39, 0.29) is 17.0 Å². The Morgan fingerprint density at radius 1 is 0.814 bits per heavy atom. The molecule has 2 saturated heterocycles. The lowest BCUT2D eigenvalue weighted by atomic mass is 9.99. The maximum atomic E-state index is 12.0. The van der Waals surface area contributed by atoms with E-state index in [1.807, 2.05) is 0 Å². The molecule has 0 spiro atoms. The molecular weight excluding hydrogens is 657 g/mol. The van der Waals surface area contributed by atoms with Crippen LogP contribution in [0.2, 0.25) is 0 Å². The van der Waals surface area contributed by atoms with E-state index in [1.54, 1.807) is 0 Å². The SMILES string of the molecule is COc1ncnc2c1ncn2C1O[C@H](CO)[C@H](O[C@@H]2OC(CO)[C@H](OP(=O)(O)O)C(OP(=O)(O)O)[C@@H]2O)[C@@H]1OP(=O)(O)O. The summed E-state index contributed by atoms with van der Waals surface area (Å²) in [6.45, 7) is -2.03. The number of hydrogen-bond donors (Lipinski definition) is 9. The molecule has 4 rings (SSSR count). The van der Waals surface area contributed by atoms with E-state index < -0.39 is 91.9 Å². The summed E-state index contributed by atoms with van der Waals surface area (Å²) in [6, 6.07) is 0. The lowest BCUT2D eigenvalue weighted by Gasteiger charge is -2.44. The van der Waals surface area contributed by atoms with Gasteiger partial charge in [-0.05, 0) is 0 Å². The molecule has 9 atom stereocenters. The van der Waals surface area contributed by atoms with Gasteiger partial charge in [-0.1, -0.05) is 0 Å². The van der Waals surface area contributed by atoms with Gasteiger partial charge in [-0.2, -0.15) is 4.98 Å². The molecule has 3 unspecified atom stereocenters. The van der Waals surface area contributed by atoms with Crippen LogP contribution in [-0.2, 0) is 41.5 Å². The molecule has 0 radical (unpaired) electrons. The number of nitrogens with zero attached hydrogens (tertiary/aromatic N) is 4. The largest absolute Gasteiger partial charge is 0.479 e. The van der Waals surface area contributed by atoms with Crippen LogP contribution in [0.15, 0.2) is 12.7 Å². The molecule has 23 nitrogen and oxygen atoms in total. The van der Waals surface area contributed by atoms with Crippen LogP contribution in [0.5, 0.6) is 5.88 Å². The van der Waals surface area contributed by atoms with E-state index in [4.69, 9.17) is 23.5 Å². The van der Waals surface area contributed by atoms with Crippen molar-refractivity contribution in [3.63, 3.8) is 0 Å². The number of imidazole rings is 1. The highest BCUT2D eigenvalue weighted by Crippen LogP contribution is 2.49. The number of phosphoric acid groups is 3. The quantitative estimate of drug-likeness (QED) is 0.0984. The Morgan fingerprint density at radius 3 is 1.93 bits per heavy atom. The molecule has 0 amide bonds. The molecule has 2 aliphatic heterocycles. The van der Waals surface area contributed by atoms with Crippen molar-refractivity contribution < 1.29 is 90.9 Å². The fourth-order valence-electron chi connectivity index (χ4n) is 4.55. The number of ether oxygens (including phenoxy) is 4. The minimum absolute atomic E-state index is 0.0235. The molecule has 244 valence electrons. The highest BCUT2D eigenvalue weighted by Gasteiger charge is 2.56. The van der Waals surface area contributed by atoms with Crippen molar-refractivity contribution in [3.8, 4) is 5.88 Å². The van der Waals surface area contributed by atoms with Crippen molar-refractivity contribution in [2.45, 2.75) is 55.2 Å². The van der Waals surface area contributed by atoms with Crippen molar-refractivity contribution in [1.29, 1.82) is 0 Å². The molecular formula is C17H27N4O19P3. The third-order valence-electron chi connectivity index (χ3n) is 6.12. The highest BCUT2D eigenvalue weighted by atomic mass is 31.2. The maximum Gasteiger partial charge on any atom is 0.470 e. The summed E-state index contributed by atoms with van der Waals surface area (Å²) >= 11 is 0. The van der Waals surface area contributed by atoms with Gasteiger partial charge in [0.05, 0.1) is 26.7 Å². The Labute approximate surface area is 239 Å². The first-order valence-electron chi connectivity index (χ1n) is 11.8. The number of rotatable bonds is 12. The van der Waals surface area contributed by atoms with Crippen molar-refractivity contribution in [1.82, 2.24) is 19.5 Å². The van der Waals surface area contributed by atoms with Gasteiger partial charge in [-0.25, -0.2) is 23.7 Å². The van der Waals surface area contributed by atoms with Gasteiger partial charge in [0.25, 0.3) is 0 Å². The van der Waals surface area contributed by atoms with E-state index in [2.05, 4.69) is 24.0 Å². The second kappa shape index (κ2) is 13.0. The summed E-state index contributed by atoms with van der Waals surface area (Å²) in [5.41, 5.74) is 0.120. The van der Waals surface area contributed by atoms with Gasteiger partial charge in [-0.15, -0.1) is 0 Å². The summed E-state index contributed by atoms with van der Waals surface area (Å²) in [6.07, 6.45) is -15.3. The molecule has 0 aromatic carbocycles. The van der Waals surface area contributed by atoms with Crippen LogP contribution in [0.25, 0.3) is 11.2 Å². The molecule has 4 heterocycles. The molecule has 2 aromatic rings. The van der Waals surface area contributed by atoms with Crippen LogP contribution in [-0.4, -0.2) is 134 Å². The predicted octanol–water partition coefficient (Wildman–Crippen LogP) is -3.38. The monoisotopic (exact) mass is 684 g/mol. The molecule has 0 aliphatic carbocycles. The molecule has 2 aromatic heterocycles. The van der Waals surface area contributed by atoms with E-state index in [0.29, 0.717) is 0 Å². The van der Waals surface area contributed by atoms with Gasteiger partial charge >= 0.3 is 23.5 Å². The van der Waals surface area contributed by atoms with Gasteiger partial charge in [0, 0.05) is 0 Å². The van der Waals surface area contributed by atoms with Crippen molar-refractivity contribution >= 4 is 34.6 Å². The smallest absolute Gasteiger partial charge is 0.470 e. The van der Waals surface area contributed by atoms with E-state index in [0.717, 1.165) is 17.2 Å². The topological polar surface area (TPSA) is 341 Å². The van der Waals surface area contributed by atoms with Crippen LogP contribution in [0, 0.1) is 0 Å². The average Bonchev–Trinajstić information content (AvgIpc) is 3.46. The fourth-order valence-corrected chi connectivity index (χ4v) is 6.23. The third-order valence-corrected chi connectivity index (χ3v) is 7.68. The van der Waals surface area contributed by atoms with Gasteiger partial charge in [0.1, 0.15) is 49.1 Å². The Kier molecular flexibility index (Phi) is 10.4. The fraction of sp³-hybridized carbons (Fsp3) is 0.706. The minimum atomic E-state index is -5.52. The number of methoxy groups -OCH3 is 1. The number of phosphoric ester groups is 3. The van der Waals surface area contributed by atoms with Crippen LogP contribution in [0.4, 0.5) is 0 Å². The summed E-state index contributed by atoms with van der Waals surface area (Å²) in [5.74, 6) is 0.0256. The second-order valence-corrected chi connectivity index (χ2v) is 12.5. The van der Waals surface area contributed by atoms with Gasteiger partial charge in [-0.3, -0.25) is 18.1 Å². The molecule has 0 bridgehead atoms. The zero-order valence-electron chi connectivity index (χ0n) is 21.5. The van der Waals surface area contributed by atoms with E-state index in [1.165, 1.54) is 7.11 Å². The van der Waals surface area contributed by atoms with Crippen molar-refractivity contribution in [2.75, 3.05) is 20.3 Å². The number of fused-ring (bicyclic) bond motifs is 1. The first-order valence-corrected chi connectivity index (χ1v) is 16.3. The second-order valence-electron chi connectivity index (χ2n) is 8.95. The third kappa shape index (κ3) is 8.00. The number of hydrogen-bond acceptors (Lipinski definition) is 16. The summed E-state index contributed by atoms with van der Waals surface area (Å²) < 4.78 is 71.9. The Balaban J connectivity index is 1.71. The summed E-state index contributed by atoms with van der Waals surface area (Å²) in [5, 5.41) is 30.7. The maximum absolute atomic E-state index is 12.0. The molecule has 43 heavy (non-hydrogen) atoms. The molecule has 2 aliphatic rings. The number of aliphatic hydroxyl groups excluding tert-OH is 3. The first kappa shape index (κ1) is 34.3. The normalized spacial score (nSPS) is 32.4. The van der Waals surface area contributed by atoms with Crippen LogP contribution in [0.1, 0.15) is 6.23 Å². The number of aromatic nitrogens is 4. The van der Waals surface area contributed by atoms with Crippen molar-refractivity contribution in [3.05, 3.63) is 12.7 Å². The van der Waals surface area contributed by atoms with Crippen LogP contribution in [0.3, 0.4) is 0 Å². The van der Waals surface area contributed by atoms with Gasteiger partial charge in [0.15, 0.2) is 23.7 Å². The summed E-state index contributed by atoms with van der Waals surface area (Å²) in [4.78, 5) is 68.5. The molecule has 9 N–H and O–H groups in total. The highest BCUT2D eigenvalue weighted by molar-refractivity contribution is 7.46. The van der Waals surface area contributed by atoms with Crippen LogP contribution < -0.4 is 4.74 Å². The van der Waals surface area contributed by atoms with Gasteiger partial charge in [0.2, 0.25) is 5.88 Å². The zero-order valence-corrected chi connectivity index (χ0v) is 24.2. The first-order chi connectivity index (χ1) is 20.0. The Morgan fingerprint density at radius 2 is 1.37 bits per heavy atom. The predicted molar refractivity (Wildman–Crippen MR) is 130 cm³/mol. The minimum Gasteiger partial charge on any atom is -0.479 e. The Bertz CT molecular complexity index is 1410. The summed E-state index contributed by atoms with van der Waals surface area (Å²) in [7, 11) is -15.0. The lowest BCUT2D eigenvalue weighted by molar-refractivity contribution is -0.313. The zero-order chi connectivity index (χ0) is 31.9. The average molecular weight is 684 g/mol. The number of aliphatic hydroxyl groups is 3. The van der Waals surface area contributed by atoms with Crippen LogP contribution >= 0.6 is 23.5 Å². The lowest BCUT2D eigenvalue weighted by Crippen LogP contribution is -2.61. The van der Waals surface area contributed by atoms with Gasteiger partial charge < -0.3 is 63.6 Å². The van der Waals surface area contributed by atoms with E-state index >= 15 is 0 Å². The van der Waals surface area contributed by atoms with E-state index in [9.17, 15) is 58.4 Å².